The Kier molecular flexibility index (Phi) is 5.84. The zero-order valence-electron chi connectivity index (χ0n) is 16.6. The highest BCUT2D eigenvalue weighted by atomic mass is 32.2. The maximum Gasteiger partial charge on any atom is 0.417 e. The monoisotopic (exact) mass is 445 g/mol. The first kappa shape index (κ1) is 21.6. The number of likely N-dealkylation sites (tertiary alicyclic amines) is 1. The van der Waals surface area contributed by atoms with Gasteiger partial charge in [-0.1, -0.05) is 12.1 Å². The lowest BCUT2D eigenvalue weighted by molar-refractivity contribution is -0.139. The molecule has 0 radical (unpaired) electrons. The summed E-state index contributed by atoms with van der Waals surface area (Å²) in [5.74, 6) is -0.394. The molecule has 30 heavy (non-hydrogen) atoms. The molecule has 1 saturated carbocycles. The quantitative estimate of drug-likeness (QED) is 0.756. The summed E-state index contributed by atoms with van der Waals surface area (Å²) < 4.78 is 66.5. The summed E-state index contributed by atoms with van der Waals surface area (Å²) in [5, 5.41) is 3.08. The molecule has 3 fully saturated rings. The number of nitrogens with one attached hydrogen (secondary N) is 1. The SMILES string of the molecule is O=C(NC1CCN(C2CC2)C1)C1CCN(S(=O)(=O)c2ccccc2C(F)(F)F)CC1. The van der Waals surface area contributed by atoms with E-state index in [1.807, 2.05) is 0 Å². The highest BCUT2D eigenvalue weighted by Crippen LogP contribution is 2.36. The van der Waals surface area contributed by atoms with E-state index in [2.05, 4.69) is 10.2 Å². The van der Waals surface area contributed by atoms with Crippen molar-refractivity contribution in [1.82, 2.24) is 14.5 Å². The number of carbonyl (C=O) groups excluding carboxylic acids is 1. The van der Waals surface area contributed by atoms with Crippen LogP contribution < -0.4 is 5.32 Å². The minimum absolute atomic E-state index is 0.0332. The van der Waals surface area contributed by atoms with Crippen LogP contribution in [0.15, 0.2) is 29.2 Å². The van der Waals surface area contributed by atoms with Crippen molar-refractivity contribution < 1.29 is 26.4 Å². The van der Waals surface area contributed by atoms with Crippen molar-refractivity contribution in [2.24, 2.45) is 5.92 Å². The third-order valence-electron chi connectivity index (χ3n) is 6.26. The lowest BCUT2D eigenvalue weighted by atomic mass is 9.97. The summed E-state index contributed by atoms with van der Waals surface area (Å²) >= 11 is 0. The van der Waals surface area contributed by atoms with Crippen LogP contribution in [-0.2, 0) is 21.0 Å². The molecule has 10 heteroatoms. The van der Waals surface area contributed by atoms with Crippen molar-refractivity contribution in [3.8, 4) is 0 Å². The molecule has 2 heterocycles. The van der Waals surface area contributed by atoms with Crippen molar-refractivity contribution in [3.05, 3.63) is 29.8 Å². The Labute approximate surface area is 174 Å². The Morgan fingerprint density at radius 3 is 2.30 bits per heavy atom. The third-order valence-corrected chi connectivity index (χ3v) is 8.22. The van der Waals surface area contributed by atoms with Gasteiger partial charge >= 0.3 is 6.18 Å². The smallest absolute Gasteiger partial charge is 0.352 e. The van der Waals surface area contributed by atoms with Crippen molar-refractivity contribution in [3.63, 3.8) is 0 Å². The van der Waals surface area contributed by atoms with E-state index in [1.54, 1.807) is 0 Å². The van der Waals surface area contributed by atoms with Crippen LogP contribution in [0.2, 0.25) is 0 Å². The minimum atomic E-state index is -4.75. The Morgan fingerprint density at radius 2 is 1.67 bits per heavy atom. The van der Waals surface area contributed by atoms with E-state index in [0.29, 0.717) is 18.9 Å². The molecule has 3 aliphatic rings. The van der Waals surface area contributed by atoms with Crippen LogP contribution in [0.25, 0.3) is 0 Å². The second kappa shape index (κ2) is 8.12. The molecular weight excluding hydrogens is 419 g/mol. The molecule has 1 atom stereocenters. The van der Waals surface area contributed by atoms with Gasteiger partial charge in [-0.15, -0.1) is 0 Å². The predicted octanol–water partition coefficient (Wildman–Crippen LogP) is 2.46. The zero-order chi connectivity index (χ0) is 21.5. The van der Waals surface area contributed by atoms with Crippen LogP contribution >= 0.6 is 0 Å². The van der Waals surface area contributed by atoms with E-state index < -0.39 is 26.7 Å². The van der Waals surface area contributed by atoms with Crippen LogP contribution in [0.4, 0.5) is 13.2 Å². The van der Waals surface area contributed by atoms with E-state index in [0.717, 1.165) is 35.9 Å². The maximum atomic E-state index is 13.2. The number of nitrogens with zero attached hydrogens (tertiary/aromatic N) is 2. The van der Waals surface area contributed by atoms with Crippen molar-refractivity contribution >= 4 is 15.9 Å². The van der Waals surface area contributed by atoms with Gasteiger partial charge in [-0.2, -0.15) is 17.5 Å². The van der Waals surface area contributed by atoms with Gasteiger partial charge in [-0.3, -0.25) is 9.69 Å². The Balaban J connectivity index is 1.35. The number of rotatable bonds is 5. The van der Waals surface area contributed by atoms with Crippen LogP contribution in [0.3, 0.4) is 0 Å². The second-order valence-corrected chi connectivity index (χ2v) is 10.3. The van der Waals surface area contributed by atoms with Gasteiger partial charge in [0.25, 0.3) is 0 Å². The number of piperidine rings is 1. The average molecular weight is 446 g/mol. The fraction of sp³-hybridized carbons (Fsp3) is 0.650. The molecule has 0 aromatic heterocycles. The Morgan fingerprint density at radius 1 is 1.00 bits per heavy atom. The molecular formula is C20H26F3N3O3S. The summed E-state index contributed by atoms with van der Waals surface area (Å²) in [5.41, 5.74) is -1.16. The molecule has 2 saturated heterocycles. The summed E-state index contributed by atoms with van der Waals surface area (Å²) in [7, 11) is -4.28. The summed E-state index contributed by atoms with van der Waals surface area (Å²) in [6, 6.07) is 5.02. The van der Waals surface area contributed by atoms with Gasteiger partial charge in [0.05, 0.1) is 10.5 Å². The number of alkyl halides is 3. The Hall–Kier alpha value is -1.65. The molecule has 1 unspecified atom stereocenters. The van der Waals surface area contributed by atoms with Gasteiger partial charge in [-0.05, 0) is 44.2 Å². The topological polar surface area (TPSA) is 69.7 Å². The van der Waals surface area contributed by atoms with Crippen molar-refractivity contribution in [1.29, 1.82) is 0 Å². The standard InChI is InChI=1S/C20H26F3N3O3S/c21-20(22,23)17-3-1-2-4-18(17)30(28,29)26-11-7-14(8-12-26)19(27)24-15-9-10-25(13-15)16-5-6-16/h1-4,14-16H,5-13H2,(H,24,27). The molecule has 1 aromatic rings. The number of sulfonamides is 1. The summed E-state index contributed by atoms with van der Waals surface area (Å²) in [6.45, 7) is 1.92. The number of hydrogen-bond donors (Lipinski definition) is 1. The minimum Gasteiger partial charge on any atom is -0.352 e. The highest BCUT2D eigenvalue weighted by Gasteiger charge is 2.41. The average Bonchev–Trinajstić information content (AvgIpc) is 3.47. The fourth-order valence-corrected chi connectivity index (χ4v) is 6.10. The van der Waals surface area contributed by atoms with Gasteiger partial charge in [0.1, 0.15) is 0 Å². The number of amides is 1. The molecule has 2 aliphatic heterocycles. The van der Waals surface area contributed by atoms with Crippen molar-refractivity contribution in [2.45, 2.75) is 55.3 Å². The molecule has 4 rings (SSSR count). The molecule has 0 bridgehead atoms. The molecule has 1 aliphatic carbocycles. The molecule has 1 N–H and O–H groups in total. The second-order valence-electron chi connectivity index (χ2n) is 8.39. The molecule has 166 valence electrons. The molecule has 6 nitrogen and oxygen atoms in total. The van der Waals surface area contributed by atoms with Gasteiger partial charge < -0.3 is 5.32 Å². The first-order valence-electron chi connectivity index (χ1n) is 10.4. The molecule has 0 spiro atoms. The molecule has 1 aromatic carbocycles. The van der Waals surface area contributed by atoms with Crippen LogP contribution in [0.1, 0.15) is 37.7 Å². The first-order valence-corrected chi connectivity index (χ1v) is 11.8. The lowest BCUT2D eigenvalue weighted by Crippen LogP contribution is -2.46. The van der Waals surface area contributed by atoms with E-state index in [9.17, 15) is 26.4 Å². The lowest BCUT2D eigenvalue weighted by Gasteiger charge is -2.31. The van der Waals surface area contributed by atoms with Gasteiger partial charge in [0.15, 0.2) is 0 Å². The van der Waals surface area contributed by atoms with Gasteiger partial charge in [-0.25, -0.2) is 8.42 Å². The highest BCUT2D eigenvalue weighted by molar-refractivity contribution is 7.89. The summed E-state index contributed by atoms with van der Waals surface area (Å²) in [6.07, 6.45) is -0.770. The van der Waals surface area contributed by atoms with Gasteiger partial charge in [0.2, 0.25) is 15.9 Å². The van der Waals surface area contributed by atoms with E-state index in [1.165, 1.54) is 25.0 Å². The number of hydrogen-bond acceptors (Lipinski definition) is 4. The number of benzene rings is 1. The summed E-state index contributed by atoms with van der Waals surface area (Å²) in [4.78, 5) is 14.3. The number of halogens is 3. The van der Waals surface area contributed by atoms with E-state index in [-0.39, 0.29) is 31.0 Å². The molecule has 1 amide bonds. The van der Waals surface area contributed by atoms with Crippen molar-refractivity contribution in [2.75, 3.05) is 26.2 Å². The first-order chi connectivity index (χ1) is 14.2. The largest absolute Gasteiger partial charge is 0.417 e. The maximum absolute atomic E-state index is 13.2. The van der Waals surface area contributed by atoms with Gasteiger partial charge in [0, 0.05) is 44.2 Å². The predicted molar refractivity (Wildman–Crippen MR) is 104 cm³/mol. The number of carbonyl (C=O) groups is 1. The van der Waals surface area contributed by atoms with Crippen LogP contribution in [0.5, 0.6) is 0 Å². The third kappa shape index (κ3) is 4.50. The zero-order valence-corrected chi connectivity index (χ0v) is 17.4. The van der Waals surface area contributed by atoms with Crippen LogP contribution in [-0.4, -0.2) is 61.8 Å². The van der Waals surface area contributed by atoms with E-state index in [4.69, 9.17) is 0 Å². The van der Waals surface area contributed by atoms with E-state index >= 15 is 0 Å². The normalized spacial score (nSPS) is 24.8. The Bertz CT molecular complexity index is 894. The van der Waals surface area contributed by atoms with Crippen LogP contribution in [0, 0.1) is 5.92 Å². The fourth-order valence-electron chi connectivity index (χ4n) is 4.42.